The van der Waals surface area contributed by atoms with E-state index in [1.54, 1.807) is 6.92 Å². The van der Waals surface area contributed by atoms with Crippen LogP contribution in [0.5, 0.6) is 0 Å². The lowest BCUT2D eigenvalue weighted by molar-refractivity contribution is -0.126. The number of ether oxygens (including phenoxy) is 1. The molecule has 0 bridgehead atoms. The van der Waals surface area contributed by atoms with E-state index in [1.165, 1.54) is 7.11 Å². The van der Waals surface area contributed by atoms with Gasteiger partial charge in [0, 0.05) is 7.11 Å². The number of benzene rings is 1. The Morgan fingerprint density at radius 3 is 2.33 bits per heavy atom. The fourth-order valence-electron chi connectivity index (χ4n) is 1.00. The molecule has 0 amide bonds. The standard InChI is InChI=1S/C10H12O2/c1-10(8-11,12-2)9-6-4-3-5-7-9/h3-8H,1-2H3/t10-/m1/s1. The highest BCUT2D eigenvalue weighted by atomic mass is 16.5. The van der Waals surface area contributed by atoms with E-state index in [0.717, 1.165) is 11.8 Å². The number of hydrogen-bond donors (Lipinski definition) is 0. The highest BCUT2D eigenvalue weighted by Gasteiger charge is 2.24. The van der Waals surface area contributed by atoms with Crippen LogP contribution in [-0.2, 0) is 15.1 Å². The number of carbonyl (C=O) groups excluding carboxylic acids is 1. The van der Waals surface area contributed by atoms with Crippen LogP contribution in [0.3, 0.4) is 0 Å². The summed E-state index contributed by atoms with van der Waals surface area (Å²) in [4.78, 5) is 10.7. The van der Waals surface area contributed by atoms with Gasteiger partial charge in [0.05, 0.1) is 0 Å². The highest BCUT2D eigenvalue weighted by Crippen LogP contribution is 2.20. The van der Waals surface area contributed by atoms with Gasteiger partial charge in [-0.15, -0.1) is 0 Å². The quantitative estimate of drug-likeness (QED) is 0.636. The lowest BCUT2D eigenvalue weighted by Crippen LogP contribution is -2.25. The molecule has 0 spiro atoms. The van der Waals surface area contributed by atoms with Crippen molar-refractivity contribution in [2.75, 3.05) is 7.11 Å². The zero-order valence-corrected chi connectivity index (χ0v) is 7.28. The molecule has 0 heterocycles. The zero-order valence-electron chi connectivity index (χ0n) is 7.28. The van der Waals surface area contributed by atoms with Gasteiger partial charge in [-0.05, 0) is 12.5 Å². The van der Waals surface area contributed by atoms with Gasteiger partial charge in [0.15, 0.2) is 6.29 Å². The molecule has 2 heteroatoms. The Labute approximate surface area is 72.2 Å². The fourth-order valence-corrected chi connectivity index (χ4v) is 1.00. The van der Waals surface area contributed by atoms with E-state index >= 15 is 0 Å². The van der Waals surface area contributed by atoms with Crippen molar-refractivity contribution in [3.05, 3.63) is 35.9 Å². The second kappa shape index (κ2) is 3.50. The van der Waals surface area contributed by atoms with Crippen molar-refractivity contribution in [2.24, 2.45) is 0 Å². The summed E-state index contributed by atoms with van der Waals surface area (Å²) >= 11 is 0. The predicted octanol–water partition coefficient (Wildman–Crippen LogP) is 1.75. The maximum Gasteiger partial charge on any atom is 0.156 e. The molecule has 2 nitrogen and oxygen atoms in total. The molecule has 1 atom stereocenters. The summed E-state index contributed by atoms with van der Waals surface area (Å²) in [6.45, 7) is 1.75. The Hall–Kier alpha value is -1.15. The molecule has 0 radical (unpaired) electrons. The molecule has 0 fully saturated rings. The minimum Gasteiger partial charge on any atom is -0.366 e. The monoisotopic (exact) mass is 164 g/mol. The number of carbonyl (C=O) groups is 1. The van der Waals surface area contributed by atoms with Gasteiger partial charge in [-0.3, -0.25) is 4.79 Å². The van der Waals surface area contributed by atoms with Gasteiger partial charge in [-0.1, -0.05) is 30.3 Å². The summed E-state index contributed by atoms with van der Waals surface area (Å²) in [7, 11) is 1.53. The van der Waals surface area contributed by atoms with Crippen molar-refractivity contribution in [1.82, 2.24) is 0 Å². The molecule has 0 saturated carbocycles. The van der Waals surface area contributed by atoms with Crippen LogP contribution >= 0.6 is 0 Å². The second-order valence-corrected chi connectivity index (χ2v) is 2.80. The summed E-state index contributed by atoms with van der Waals surface area (Å²) < 4.78 is 5.10. The number of rotatable bonds is 3. The Balaban J connectivity index is 3.03. The molecule has 0 aromatic heterocycles. The predicted molar refractivity (Wildman–Crippen MR) is 46.9 cm³/mol. The zero-order chi connectivity index (χ0) is 9.03. The summed E-state index contributed by atoms with van der Waals surface area (Å²) in [5, 5.41) is 0. The van der Waals surface area contributed by atoms with Gasteiger partial charge in [0.2, 0.25) is 0 Å². The van der Waals surface area contributed by atoms with Crippen molar-refractivity contribution in [3.8, 4) is 0 Å². The number of hydrogen-bond acceptors (Lipinski definition) is 2. The van der Waals surface area contributed by atoms with Crippen LogP contribution in [0.2, 0.25) is 0 Å². The molecule has 1 aromatic rings. The first-order valence-corrected chi connectivity index (χ1v) is 3.80. The Morgan fingerprint density at radius 1 is 1.33 bits per heavy atom. The normalized spacial score (nSPS) is 15.2. The molecular formula is C10H12O2. The van der Waals surface area contributed by atoms with Gasteiger partial charge in [0.1, 0.15) is 5.60 Å². The van der Waals surface area contributed by atoms with Crippen molar-refractivity contribution in [1.29, 1.82) is 0 Å². The molecule has 1 rings (SSSR count). The Kier molecular flexibility index (Phi) is 2.61. The van der Waals surface area contributed by atoms with E-state index in [4.69, 9.17) is 4.74 Å². The minimum atomic E-state index is -0.804. The van der Waals surface area contributed by atoms with Crippen LogP contribution in [0.1, 0.15) is 12.5 Å². The van der Waals surface area contributed by atoms with Gasteiger partial charge >= 0.3 is 0 Å². The van der Waals surface area contributed by atoms with Crippen LogP contribution in [0, 0.1) is 0 Å². The van der Waals surface area contributed by atoms with Gasteiger partial charge in [-0.2, -0.15) is 0 Å². The lowest BCUT2D eigenvalue weighted by Gasteiger charge is -2.21. The van der Waals surface area contributed by atoms with E-state index in [1.807, 2.05) is 30.3 Å². The third-order valence-electron chi connectivity index (χ3n) is 2.00. The van der Waals surface area contributed by atoms with Gasteiger partial charge in [-0.25, -0.2) is 0 Å². The molecule has 12 heavy (non-hydrogen) atoms. The van der Waals surface area contributed by atoms with Crippen molar-refractivity contribution < 1.29 is 9.53 Å². The first-order valence-electron chi connectivity index (χ1n) is 3.80. The van der Waals surface area contributed by atoms with E-state index in [2.05, 4.69) is 0 Å². The Bertz CT molecular complexity index is 256. The summed E-state index contributed by atoms with van der Waals surface area (Å²) in [5.41, 5.74) is 0.0730. The summed E-state index contributed by atoms with van der Waals surface area (Å²) in [6, 6.07) is 9.42. The van der Waals surface area contributed by atoms with Crippen LogP contribution in [-0.4, -0.2) is 13.4 Å². The maximum atomic E-state index is 10.7. The van der Waals surface area contributed by atoms with Crippen LogP contribution in [0.15, 0.2) is 30.3 Å². The SMILES string of the molecule is CO[C@](C)(C=O)c1ccccc1. The minimum absolute atomic E-state index is 0.804. The molecule has 0 saturated heterocycles. The smallest absolute Gasteiger partial charge is 0.156 e. The van der Waals surface area contributed by atoms with Crippen molar-refractivity contribution >= 4 is 6.29 Å². The maximum absolute atomic E-state index is 10.7. The lowest BCUT2D eigenvalue weighted by atomic mass is 9.98. The summed E-state index contributed by atoms with van der Waals surface area (Å²) in [5.74, 6) is 0. The molecule has 64 valence electrons. The molecule has 1 aromatic carbocycles. The average molecular weight is 164 g/mol. The third-order valence-corrected chi connectivity index (χ3v) is 2.00. The fraction of sp³-hybridized carbons (Fsp3) is 0.300. The van der Waals surface area contributed by atoms with E-state index in [0.29, 0.717) is 0 Å². The first-order chi connectivity index (χ1) is 5.73. The van der Waals surface area contributed by atoms with Crippen molar-refractivity contribution in [3.63, 3.8) is 0 Å². The number of methoxy groups -OCH3 is 1. The van der Waals surface area contributed by atoms with Gasteiger partial charge in [0.25, 0.3) is 0 Å². The van der Waals surface area contributed by atoms with Crippen LogP contribution in [0.4, 0.5) is 0 Å². The topological polar surface area (TPSA) is 26.3 Å². The molecule has 0 aliphatic heterocycles. The van der Waals surface area contributed by atoms with Crippen LogP contribution in [0.25, 0.3) is 0 Å². The largest absolute Gasteiger partial charge is 0.366 e. The molecular weight excluding hydrogens is 152 g/mol. The van der Waals surface area contributed by atoms with Crippen molar-refractivity contribution in [2.45, 2.75) is 12.5 Å². The molecule has 0 aliphatic rings. The average Bonchev–Trinajstić information content (AvgIpc) is 2.18. The second-order valence-electron chi connectivity index (χ2n) is 2.80. The van der Waals surface area contributed by atoms with E-state index in [9.17, 15) is 4.79 Å². The Morgan fingerprint density at radius 2 is 1.92 bits per heavy atom. The highest BCUT2D eigenvalue weighted by molar-refractivity contribution is 5.65. The van der Waals surface area contributed by atoms with E-state index in [-0.39, 0.29) is 0 Å². The third kappa shape index (κ3) is 1.53. The molecule has 0 N–H and O–H groups in total. The summed E-state index contributed by atoms with van der Waals surface area (Å²) in [6.07, 6.45) is 0.808. The first kappa shape index (κ1) is 8.94. The molecule has 0 unspecified atom stereocenters. The van der Waals surface area contributed by atoms with Crippen LogP contribution < -0.4 is 0 Å². The van der Waals surface area contributed by atoms with Gasteiger partial charge < -0.3 is 4.74 Å². The van der Waals surface area contributed by atoms with E-state index < -0.39 is 5.60 Å². The molecule has 0 aliphatic carbocycles. The number of aldehydes is 1.